The number of carbonyl (C=O) groups excluding carboxylic acids is 2. The molecule has 2 aromatic carbocycles. The lowest BCUT2D eigenvalue weighted by Gasteiger charge is -2.15. The van der Waals surface area contributed by atoms with E-state index in [0.29, 0.717) is 16.7 Å². The van der Waals surface area contributed by atoms with Gasteiger partial charge in [-0.2, -0.15) is 0 Å². The van der Waals surface area contributed by atoms with E-state index >= 15 is 0 Å². The molecule has 1 saturated carbocycles. The molecule has 2 atom stereocenters. The highest BCUT2D eigenvalue weighted by molar-refractivity contribution is 7.15. The van der Waals surface area contributed by atoms with Gasteiger partial charge in [0, 0.05) is 11.8 Å². The van der Waals surface area contributed by atoms with Crippen molar-refractivity contribution in [1.82, 2.24) is 20.4 Å². The van der Waals surface area contributed by atoms with Crippen molar-refractivity contribution in [2.45, 2.75) is 70.1 Å². The molecule has 2 amide bonds. The van der Waals surface area contributed by atoms with Crippen molar-refractivity contribution in [2.75, 3.05) is 17.7 Å². The quantitative estimate of drug-likeness (QED) is 0.213. The predicted octanol–water partition coefficient (Wildman–Crippen LogP) is 6.15. The topological polar surface area (TPSA) is 119 Å². The SMILES string of the molecule is CCc1ccc(CC(=O)Nc2nnc([C@@H]3CCCC[C@@H](c4nnc(NC(=O)Cc5ccc(OC)cc5)s4)C3)s2)cc1. The molecule has 214 valence electrons. The third kappa shape index (κ3) is 7.95. The van der Waals surface area contributed by atoms with Gasteiger partial charge in [-0.15, -0.1) is 20.4 Å². The summed E-state index contributed by atoms with van der Waals surface area (Å²) in [5.74, 6) is 1.02. The van der Waals surface area contributed by atoms with Gasteiger partial charge in [-0.1, -0.05) is 78.8 Å². The Bertz CT molecular complexity index is 1340. The van der Waals surface area contributed by atoms with Crippen molar-refractivity contribution in [3.63, 3.8) is 0 Å². The molecular weight excluding hydrogens is 557 g/mol. The molecule has 1 aliphatic carbocycles. The molecule has 9 nitrogen and oxygen atoms in total. The average Bonchev–Trinajstić information content (AvgIpc) is 3.57. The van der Waals surface area contributed by atoms with E-state index in [1.54, 1.807) is 7.11 Å². The van der Waals surface area contributed by atoms with Gasteiger partial charge < -0.3 is 15.4 Å². The number of carbonyl (C=O) groups is 2. The maximum atomic E-state index is 12.6. The number of rotatable bonds is 10. The number of anilines is 2. The zero-order chi connectivity index (χ0) is 28.6. The molecular formula is C30H34N6O3S2. The molecule has 2 aromatic heterocycles. The maximum Gasteiger partial charge on any atom is 0.230 e. The minimum Gasteiger partial charge on any atom is -0.497 e. The number of benzene rings is 2. The van der Waals surface area contributed by atoms with E-state index in [9.17, 15) is 9.59 Å². The summed E-state index contributed by atoms with van der Waals surface area (Å²) in [7, 11) is 1.62. The number of nitrogens with zero attached hydrogens (tertiary/aromatic N) is 4. The van der Waals surface area contributed by atoms with Crippen molar-refractivity contribution in [3.8, 4) is 5.75 Å². The highest BCUT2D eigenvalue weighted by Crippen LogP contribution is 2.42. The van der Waals surface area contributed by atoms with Crippen LogP contribution in [0.25, 0.3) is 0 Å². The lowest BCUT2D eigenvalue weighted by Crippen LogP contribution is -2.14. The van der Waals surface area contributed by atoms with Gasteiger partial charge in [0.1, 0.15) is 15.8 Å². The summed E-state index contributed by atoms with van der Waals surface area (Å²) < 4.78 is 5.18. The Kier molecular flexibility index (Phi) is 9.68. The molecule has 2 heterocycles. The maximum absolute atomic E-state index is 12.6. The molecule has 1 fully saturated rings. The number of hydrogen-bond donors (Lipinski definition) is 2. The van der Waals surface area contributed by atoms with Crippen molar-refractivity contribution in [3.05, 3.63) is 75.2 Å². The van der Waals surface area contributed by atoms with Crippen LogP contribution in [0.1, 0.15) is 77.6 Å². The number of amides is 2. The van der Waals surface area contributed by atoms with E-state index < -0.39 is 0 Å². The third-order valence-corrected chi connectivity index (χ3v) is 9.32. The monoisotopic (exact) mass is 590 g/mol. The first kappa shape index (κ1) is 28.8. The normalized spacial score (nSPS) is 17.0. The summed E-state index contributed by atoms with van der Waals surface area (Å²) in [6, 6.07) is 15.6. The van der Waals surface area contributed by atoms with Crippen LogP contribution in [-0.2, 0) is 28.9 Å². The van der Waals surface area contributed by atoms with Crippen LogP contribution in [0.15, 0.2) is 48.5 Å². The van der Waals surface area contributed by atoms with Crippen molar-refractivity contribution in [2.24, 2.45) is 0 Å². The molecule has 5 rings (SSSR count). The highest BCUT2D eigenvalue weighted by Gasteiger charge is 2.28. The Morgan fingerprint density at radius 1 is 0.756 bits per heavy atom. The van der Waals surface area contributed by atoms with E-state index in [1.165, 1.54) is 28.2 Å². The van der Waals surface area contributed by atoms with Gasteiger partial charge in [0.2, 0.25) is 22.1 Å². The van der Waals surface area contributed by atoms with E-state index in [-0.39, 0.29) is 30.1 Å². The number of nitrogens with one attached hydrogen (secondary N) is 2. The number of aryl methyl sites for hydroxylation is 1. The van der Waals surface area contributed by atoms with Gasteiger partial charge in [-0.25, -0.2) is 0 Å². The number of ether oxygens (including phenoxy) is 1. The molecule has 0 bridgehead atoms. The van der Waals surface area contributed by atoms with Gasteiger partial charge in [-0.05, 0) is 54.5 Å². The van der Waals surface area contributed by atoms with Gasteiger partial charge in [0.05, 0.1) is 20.0 Å². The zero-order valence-corrected chi connectivity index (χ0v) is 24.9. The molecule has 0 spiro atoms. The van der Waals surface area contributed by atoms with Crippen molar-refractivity contribution in [1.29, 1.82) is 0 Å². The fourth-order valence-corrected chi connectivity index (χ4v) is 6.86. The standard InChI is InChI=1S/C30H34N6O3S2/c1-3-19-8-10-20(11-9-19)16-25(37)31-29-35-33-27(40-29)22-6-4-5-7-23(18-22)28-34-36-30(41-28)32-26(38)17-21-12-14-24(39-2)15-13-21/h8-15,22-23H,3-7,16-18H2,1-2H3,(H,31,35,37)(H,32,36,38)/t22-,23-/m1/s1. The lowest BCUT2D eigenvalue weighted by molar-refractivity contribution is -0.116. The van der Waals surface area contributed by atoms with Crippen LogP contribution in [0.5, 0.6) is 5.75 Å². The van der Waals surface area contributed by atoms with E-state index in [0.717, 1.165) is 65.4 Å². The fraction of sp³-hybridized carbons (Fsp3) is 0.400. The van der Waals surface area contributed by atoms with Crippen LogP contribution in [0.3, 0.4) is 0 Å². The Balaban J connectivity index is 1.16. The number of hydrogen-bond acceptors (Lipinski definition) is 9. The van der Waals surface area contributed by atoms with Crippen LogP contribution < -0.4 is 15.4 Å². The van der Waals surface area contributed by atoms with Gasteiger partial charge in [0.15, 0.2) is 0 Å². The second kappa shape index (κ2) is 13.8. The molecule has 0 unspecified atom stereocenters. The Morgan fingerprint density at radius 2 is 1.22 bits per heavy atom. The van der Waals surface area contributed by atoms with E-state index in [2.05, 4.69) is 50.1 Å². The third-order valence-electron chi connectivity index (χ3n) is 7.32. The van der Waals surface area contributed by atoms with Crippen LogP contribution >= 0.6 is 22.7 Å². The minimum atomic E-state index is -0.127. The highest BCUT2D eigenvalue weighted by atomic mass is 32.1. The van der Waals surface area contributed by atoms with Crippen LogP contribution in [0.2, 0.25) is 0 Å². The second-order valence-electron chi connectivity index (χ2n) is 10.3. The summed E-state index contributed by atoms with van der Waals surface area (Å²) in [4.78, 5) is 25.2. The molecule has 0 aliphatic heterocycles. The average molecular weight is 591 g/mol. The molecule has 0 radical (unpaired) electrons. The Hall–Kier alpha value is -3.70. The van der Waals surface area contributed by atoms with Crippen molar-refractivity contribution >= 4 is 44.8 Å². The molecule has 41 heavy (non-hydrogen) atoms. The second-order valence-corrected chi connectivity index (χ2v) is 12.3. The zero-order valence-electron chi connectivity index (χ0n) is 23.3. The summed E-state index contributed by atoms with van der Waals surface area (Å²) >= 11 is 2.90. The summed E-state index contributed by atoms with van der Waals surface area (Å²) in [6.45, 7) is 2.11. The smallest absolute Gasteiger partial charge is 0.230 e. The summed E-state index contributed by atoms with van der Waals surface area (Å²) in [5.41, 5.74) is 3.13. The largest absolute Gasteiger partial charge is 0.497 e. The molecule has 2 N–H and O–H groups in total. The van der Waals surface area contributed by atoms with Crippen LogP contribution in [0.4, 0.5) is 10.3 Å². The van der Waals surface area contributed by atoms with E-state index in [1.807, 2.05) is 36.4 Å². The first-order valence-corrected chi connectivity index (χ1v) is 15.6. The Morgan fingerprint density at radius 3 is 1.68 bits per heavy atom. The first-order valence-electron chi connectivity index (χ1n) is 14.0. The van der Waals surface area contributed by atoms with Gasteiger partial charge in [0.25, 0.3) is 0 Å². The van der Waals surface area contributed by atoms with Gasteiger partial charge >= 0.3 is 0 Å². The van der Waals surface area contributed by atoms with Crippen LogP contribution in [-0.4, -0.2) is 39.3 Å². The first-order chi connectivity index (χ1) is 20.0. The fourth-order valence-electron chi connectivity index (χ4n) is 5.04. The lowest BCUT2D eigenvalue weighted by atomic mass is 9.94. The van der Waals surface area contributed by atoms with E-state index in [4.69, 9.17) is 4.74 Å². The number of methoxy groups -OCH3 is 1. The summed E-state index contributed by atoms with van der Waals surface area (Å²) in [5, 5.41) is 26.1. The molecule has 0 saturated heterocycles. The predicted molar refractivity (Wildman–Crippen MR) is 162 cm³/mol. The van der Waals surface area contributed by atoms with Crippen molar-refractivity contribution < 1.29 is 14.3 Å². The molecule has 11 heteroatoms. The summed E-state index contributed by atoms with van der Waals surface area (Å²) in [6.07, 6.45) is 6.66. The van der Waals surface area contributed by atoms with Gasteiger partial charge in [-0.3, -0.25) is 9.59 Å². The van der Waals surface area contributed by atoms with Crippen LogP contribution in [0, 0.1) is 0 Å². The molecule has 4 aromatic rings. The molecule has 1 aliphatic rings. The minimum absolute atomic E-state index is 0.0916. The number of aromatic nitrogens is 4. The Labute approximate surface area is 247 Å².